The van der Waals surface area contributed by atoms with Crippen molar-refractivity contribution in [3.8, 4) is 0 Å². The normalized spacial score (nSPS) is 14.7. The van der Waals surface area contributed by atoms with Gasteiger partial charge in [0.1, 0.15) is 0 Å². The Hall–Kier alpha value is -1.59. The Bertz CT molecular complexity index is 631. The molecule has 3 rings (SSSR count). The molecule has 0 amide bonds. The molecule has 2 aromatic heterocycles. The summed E-state index contributed by atoms with van der Waals surface area (Å²) in [6.07, 6.45) is 5.33. The summed E-state index contributed by atoms with van der Waals surface area (Å²) in [5.41, 5.74) is 7.81. The van der Waals surface area contributed by atoms with Gasteiger partial charge in [-0.2, -0.15) is 11.3 Å². The monoisotopic (exact) mass is 303 g/mol. The smallest absolute Gasteiger partial charge is 0.250 e. The van der Waals surface area contributed by atoms with Gasteiger partial charge in [-0.05, 0) is 47.7 Å². The molecule has 0 aliphatic heterocycles. The topological polar surface area (TPSA) is 51.3 Å². The predicted octanol–water partition coefficient (Wildman–Crippen LogP) is 2.55. The highest BCUT2D eigenvalue weighted by Gasteiger charge is 2.28. The Morgan fingerprint density at radius 2 is 2.19 bits per heavy atom. The van der Waals surface area contributed by atoms with Gasteiger partial charge in [0.2, 0.25) is 0 Å². The lowest BCUT2D eigenvalue weighted by Crippen LogP contribution is -2.28. The van der Waals surface area contributed by atoms with Crippen LogP contribution in [0.3, 0.4) is 0 Å². The van der Waals surface area contributed by atoms with Crippen LogP contribution in [0.15, 0.2) is 40.0 Å². The van der Waals surface area contributed by atoms with Gasteiger partial charge in [0.15, 0.2) is 0 Å². The third-order valence-corrected chi connectivity index (χ3v) is 4.61. The zero-order valence-electron chi connectivity index (χ0n) is 12.1. The second-order valence-corrected chi connectivity index (χ2v) is 6.46. The summed E-state index contributed by atoms with van der Waals surface area (Å²) in [5.74, 6) is 0. The van der Waals surface area contributed by atoms with E-state index >= 15 is 0 Å². The SMILES string of the molecule is Nc1ccc(=O)n(CCCN(Cc2ccsc2)C2CC2)c1. The molecule has 0 saturated heterocycles. The third kappa shape index (κ3) is 3.95. The first-order valence-corrected chi connectivity index (χ1v) is 8.38. The average molecular weight is 303 g/mol. The van der Waals surface area contributed by atoms with Crippen LogP contribution in [0, 0.1) is 0 Å². The minimum atomic E-state index is 0.0278. The summed E-state index contributed by atoms with van der Waals surface area (Å²) < 4.78 is 1.71. The van der Waals surface area contributed by atoms with Crippen LogP contribution in [-0.4, -0.2) is 22.1 Å². The summed E-state index contributed by atoms with van der Waals surface area (Å²) >= 11 is 1.75. The van der Waals surface area contributed by atoms with E-state index in [1.807, 2.05) is 0 Å². The van der Waals surface area contributed by atoms with Crippen molar-refractivity contribution in [3.63, 3.8) is 0 Å². The van der Waals surface area contributed by atoms with Gasteiger partial charge in [-0.25, -0.2) is 0 Å². The van der Waals surface area contributed by atoms with Gasteiger partial charge < -0.3 is 10.3 Å². The van der Waals surface area contributed by atoms with E-state index in [-0.39, 0.29) is 5.56 Å². The average Bonchev–Trinajstić information content (AvgIpc) is 3.19. The van der Waals surface area contributed by atoms with Gasteiger partial charge in [-0.15, -0.1) is 0 Å². The molecule has 1 aliphatic carbocycles. The standard InChI is InChI=1S/C16H21N3OS/c17-14-2-5-16(20)19(11-14)8-1-7-18(15-3-4-15)10-13-6-9-21-12-13/h2,5-6,9,11-12,15H,1,3-4,7-8,10,17H2. The number of nitrogens with two attached hydrogens (primary N) is 1. The van der Waals surface area contributed by atoms with Crippen LogP contribution in [0.5, 0.6) is 0 Å². The van der Waals surface area contributed by atoms with E-state index in [0.717, 1.165) is 32.1 Å². The summed E-state index contributed by atoms with van der Waals surface area (Å²) in [7, 11) is 0. The number of nitrogens with zero attached hydrogens (tertiary/aromatic N) is 2. The molecule has 0 aromatic carbocycles. The molecular formula is C16H21N3OS. The van der Waals surface area contributed by atoms with Crippen molar-refractivity contribution in [1.29, 1.82) is 0 Å². The fraction of sp³-hybridized carbons (Fsp3) is 0.438. The maximum Gasteiger partial charge on any atom is 0.250 e. The van der Waals surface area contributed by atoms with Crippen LogP contribution in [0.1, 0.15) is 24.8 Å². The van der Waals surface area contributed by atoms with Gasteiger partial charge in [-0.1, -0.05) is 0 Å². The highest BCUT2D eigenvalue weighted by Crippen LogP contribution is 2.28. The summed E-state index contributed by atoms with van der Waals surface area (Å²) in [5, 5.41) is 4.35. The summed E-state index contributed by atoms with van der Waals surface area (Å²) in [4.78, 5) is 14.3. The fourth-order valence-corrected chi connectivity index (χ4v) is 3.28. The molecule has 21 heavy (non-hydrogen) atoms. The zero-order valence-corrected chi connectivity index (χ0v) is 12.9. The predicted molar refractivity (Wildman–Crippen MR) is 87.5 cm³/mol. The van der Waals surface area contributed by atoms with Crippen LogP contribution in [0.25, 0.3) is 0 Å². The van der Waals surface area contributed by atoms with E-state index in [1.165, 1.54) is 18.4 Å². The van der Waals surface area contributed by atoms with E-state index in [4.69, 9.17) is 5.73 Å². The molecular weight excluding hydrogens is 282 g/mol. The molecule has 0 atom stereocenters. The van der Waals surface area contributed by atoms with E-state index in [9.17, 15) is 4.79 Å². The lowest BCUT2D eigenvalue weighted by atomic mass is 10.2. The minimum absolute atomic E-state index is 0.0278. The summed E-state index contributed by atoms with van der Waals surface area (Å²) in [6, 6.07) is 6.13. The molecule has 2 N–H and O–H groups in total. The Morgan fingerprint density at radius 3 is 2.90 bits per heavy atom. The van der Waals surface area contributed by atoms with Crippen LogP contribution in [0.2, 0.25) is 0 Å². The highest BCUT2D eigenvalue weighted by molar-refractivity contribution is 7.07. The molecule has 1 fully saturated rings. The molecule has 1 aliphatic rings. The van der Waals surface area contributed by atoms with Crippen LogP contribution < -0.4 is 11.3 Å². The van der Waals surface area contributed by atoms with Crippen molar-refractivity contribution in [2.75, 3.05) is 12.3 Å². The maximum absolute atomic E-state index is 11.7. The lowest BCUT2D eigenvalue weighted by Gasteiger charge is -2.21. The minimum Gasteiger partial charge on any atom is -0.398 e. The fourth-order valence-electron chi connectivity index (χ4n) is 2.62. The molecule has 112 valence electrons. The molecule has 0 radical (unpaired) electrons. The summed E-state index contributed by atoms with van der Waals surface area (Å²) in [6.45, 7) is 2.79. The van der Waals surface area contributed by atoms with Gasteiger partial charge in [0.25, 0.3) is 5.56 Å². The van der Waals surface area contributed by atoms with E-state index in [2.05, 4.69) is 21.7 Å². The van der Waals surface area contributed by atoms with Crippen molar-refractivity contribution in [2.45, 2.75) is 38.4 Å². The Morgan fingerprint density at radius 1 is 1.33 bits per heavy atom. The highest BCUT2D eigenvalue weighted by atomic mass is 32.1. The first kappa shape index (κ1) is 14.4. The van der Waals surface area contributed by atoms with Gasteiger partial charge in [0, 0.05) is 43.6 Å². The number of nitrogen functional groups attached to an aromatic ring is 1. The quantitative estimate of drug-likeness (QED) is 0.855. The maximum atomic E-state index is 11.7. The van der Waals surface area contributed by atoms with Crippen molar-refractivity contribution < 1.29 is 0 Å². The number of rotatable bonds is 7. The van der Waals surface area contributed by atoms with Crippen molar-refractivity contribution in [2.24, 2.45) is 0 Å². The Labute approximate surface area is 128 Å². The van der Waals surface area contributed by atoms with Crippen molar-refractivity contribution in [1.82, 2.24) is 9.47 Å². The lowest BCUT2D eigenvalue weighted by molar-refractivity contribution is 0.246. The first-order valence-electron chi connectivity index (χ1n) is 7.43. The molecule has 0 unspecified atom stereocenters. The molecule has 2 heterocycles. The third-order valence-electron chi connectivity index (χ3n) is 3.88. The Balaban J connectivity index is 1.55. The molecule has 4 nitrogen and oxygen atoms in total. The van der Waals surface area contributed by atoms with Gasteiger partial charge in [0.05, 0.1) is 0 Å². The Kier molecular flexibility index (Phi) is 4.41. The second-order valence-electron chi connectivity index (χ2n) is 5.68. The largest absolute Gasteiger partial charge is 0.398 e. The van der Waals surface area contributed by atoms with Crippen molar-refractivity contribution in [3.05, 3.63) is 51.1 Å². The molecule has 0 spiro atoms. The number of aromatic nitrogens is 1. The second kappa shape index (κ2) is 6.45. The molecule has 2 aromatic rings. The number of hydrogen-bond acceptors (Lipinski definition) is 4. The number of thiophene rings is 1. The van der Waals surface area contributed by atoms with Crippen LogP contribution in [-0.2, 0) is 13.1 Å². The van der Waals surface area contributed by atoms with Crippen LogP contribution in [0.4, 0.5) is 5.69 Å². The van der Waals surface area contributed by atoms with E-state index < -0.39 is 0 Å². The number of anilines is 1. The number of aryl methyl sites for hydroxylation is 1. The zero-order chi connectivity index (χ0) is 14.7. The van der Waals surface area contributed by atoms with Gasteiger partial charge in [-0.3, -0.25) is 9.69 Å². The molecule has 1 saturated carbocycles. The molecule has 5 heteroatoms. The van der Waals surface area contributed by atoms with E-state index in [1.54, 1.807) is 34.2 Å². The van der Waals surface area contributed by atoms with E-state index in [0.29, 0.717) is 5.69 Å². The van der Waals surface area contributed by atoms with Crippen LogP contribution >= 0.6 is 11.3 Å². The van der Waals surface area contributed by atoms with Gasteiger partial charge >= 0.3 is 0 Å². The molecule has 0 bridgehead atoms. The first-order chi connectivity index (χ1) is 10.2. The number of hydrogen-bond donors (Lipinski definition) is 1. The number of pyridine rings is 1. The van der Waals surface area contributed by atoms with Crippen molar-refractivity contribution >= 4 is 17.0 Å².